The van der Waals surface area contributed by atoms with Crippen LogP contribution >= 0.6 is 0 Å². The molecule has 4 rings (SSSR count). The fourth-order valence-corrected chi connectivity index (χ4v) is 4.76. The second-order valence-corrected chi connectivity index (χ2v) is 12.9. The third-order valence-electron chi connectivity index (χ3n) is 7.45. The molecule has 0 aliphatic heterocycles. The molecular weight excluding hydrogens is 548 g/mol. The second kappa shape index (κ2) is 14.3. The Bertz CT molecular complexity index is 1370. The van der Waals surface area contributed by atoms with Gasteiger partial charge in [0, 0.05) is 24.5 Å². The van der Waals surface area contributed by atoms with E-state index < -0.39 is 0 Å². The van der Waals surface area contributed by atoms with Crippen molar-refractivity contribution < 1.29 is 19.1 Å². The summed E-state index contributed by atoms with van der Waals surface area (Å²) in [5, 5.41) is 0. The third-order valence-corrected chi connectivity index (χ3v) is 7.45. The highest BCUT2D eigenvalue weighted by Gasteiger charge is 2.22. The monoisotopic (exact) mass is 592 g/mol. The van der Waals surface area contributed by atoms with Crippen LogP contribution in [0.4, 0.5) is 11.4 Å². The fourth-order valence-electron chi connectivity index (χ4n) is 4.76. The van der Waals surface area contributed by atoms with Crippen LogP contribution in [0.5, 0.6) is 11.5 Å². The Kier molecular flexibility index (Phi) is 10.5. The van der Waals surface area contributed by atoms with Crippen molar-refractivity contribution >= 4 is 23.2 Å². The molecule has 0 bridgehead atoms. The quantitative estimate of drug-likeness (QED) is 0.178. The number of hydrogen-bond acceptors (Lipinski definition) is 4. The van der Waals surface area contributed by atoms with E-state index in [9.17, 15) is 9.59 Å². The largest absolute Gasteiger partial charge is 0.484 e. The summed E-state index contributed by atoms with van der Waals surface area (Å²) in [5.41, 5.74) is 3.92. The highest BCUT2D eigenvalue weighted by atomic mass is 16.5. The minimum Gasteiger partial charge on any atom is -0.484 e. The average Bonchev–Trinajstić information content (AvgIpc) is 3.01. The van der Waals surface area contributed by atoms with E-state index in [1.807, 2.05) is 109 Å². The Morgan fingerprint density at radius 3 is 1.11 bits per heavy atom. The summed E-state index contributed by atoms with van der Waals surface area (Å²) in [6, 6.07) is 34.6. The van der Waals surface area contributed by atoms with Gasteiger partial charge in [0.1, 0.15) is 11.5 Å². The second-order valence-electron chi connectivity index (χ2n) is 12.9. The van der Waals surface area contributed by atoms with E-state index >= 15 is 0 Å². The van der Waals surface area contributed by atoms with Crippen LogP contribution in [-0.2, 0) is 20.4 Å². The first-order chi connectivity index (χ1) is 20.9. The number of nitrogens with zero attached hydrogens (tertiary/aromatic N) is 2. The van der Waals surface area contributed by atoms with Crippen LogP contribution in [0.1, 0.15) is 52.7 Å². The highest BCUT2D eigenvalue weighted by molar-refractivity contribution is 5.96. The Labute approximate surface area is 262 Å². The molecule has 2 amide bonds. The van der Waals surface area contributed by atoms with Crippen molar-refractivity contribution in [1.82, 2.24) is 0 Å². The van der Waals surface area contributed by atoms with Gasteiger partial charge in [0.05, 0.1) is 0 Å². The molecule has 0 aliphatic carbocycles. The summed E-state index contributed by atoms with van der Waals surface area (Å²) in [4.78, 5) is 30.4. The SMILES string of the molecule is CC(C)(C)c1ccc(OCC(=O)N(CCN(C(=O)COc2ccc(C(C)(C)C)cc2)c2ccccc2)c2ccccc2)cc1. The number of amides is 2. The smallest absolute Gasteiger partial charge is 0.264 e. The summed E-state index contributed by atoms with van der Waals surface area (Å²) >= 11 is 0. The van der Waals surface area contributed by atoms with Gasteiger partial charge in [-0.05, 0) is 70.5 Å². The van der Waals surface area contributed by atoms with Gasteiger partial charge in [0.15, 0.2) is 13.2 Å². The number of anilines is 2. The minimum absolute atomic E-state index is 0.0302. The zero-order valence-corrected chi connectivity index (χ0v) is 26.7. The molecule has 0 atom stereocenters. The normalized spacial score (nSPS) is 11.5. The molecule has 0 unspecified atom stereocenters. The van der Waals surface area contributed by atoms with E-state index in [1.54, 1.807) is 9.80 Å². The van der Waals surface area contributed by atoms with Crippen molar-refractivity contribution in [2.24, 2.45) is 0 Å². The molecular formula is C38H44N2O4. The maximum absolute atomic E-state index is 13.5. The van der Waals surface area contributed by atoms with Crippen molar-refractivity contribution in [1.29, 1.82) is 0 Å². The molecule has 0 spiro atoms. The van der Waals surface area contributed by atoms with Crippen molar-refractivity contribution in [3.8, 4) is 11.5 Å². The Balaban J connectivity index is 1.46. The Hall–Kier alpha value is -4.58. The van der Waals surface area contributed by atoms with E-state index in [1.165, 1.54) is 11.1 Å². The van der Waals surface area contributed by atoms with Crippen LogP contribution in [0.3, 0.4) is 0 Å². The van der Waals surface area contributed by atoms with Crippen molar-refractivity contribution in [3.05, 3.63) is 120 Å². The number of carbonyl (C=O) groups is 2. The van der Waals surface area contributed by atoms with Crippen LogP contribution in [0.2, 0.25) is 0 Å². The molecule has 0 saturated carbocycles. The van der Waals surface area contributed by atoms with Gasteiger partial charge in [0.2, 0.25) is 0 Å². The predicted octanol–water partition coefficient (Wildman–Crippen LogP) is 7.81. The van der Waals surface area contributed by atoms with Crippen molar-refractivity contribution in [2.75, 3.05) is 36.1 Å². The van der Waals surface area contributed by atoms with E-state index in [4.69, 9.17) is 9.47 Å². The van der Waals surface area contributed by atoms with Crippen molar-refractivity contribution in [2.45, 2.75) is 52.4 Å². The number of carbonyl (C=O) groups excluding carboxylic acids is 2. The topological polar surface area (TPSA) is 59.1 Å². The molecule has 0 heterocycles. The van der Waals surface area contributed by atoms with E-state index in [0.717, 1.165) is 11.4 Å². The maximum Gasteiger partial charge on any atom is 0.264 e. The Morgan fingerprint density at radius 2 is 0.818 bits per heavy atom. The van der Waals surface area contributed by atoms with E-state index in [-0.39, 0.29) is 48.9 Å². The number of rotatable bonds is 11. The molecule has 0 saturated heterocycles. The third kappa shape index (κ3) is 8.96. The van der Waals surface area contributed by atoms with Gasteiger partial charge in [-0.15, -0.1) is 0 Å². The predicted molar refractivity (Wildman–Crippen MR) is 179 cm³/mol. The summed E-state index contributed by atoms with van der Waals surface area (Å²) in [6.07, 6.45) is 0. The van der Waals surface area contributed by atoms with Crippen molar-refractivity contribution in [3.63, 3.8) is 0 Å². The minimum atomic E-state index is -0.202. The lowest BCUT2D eigenvalue weighted by atomic mass is 9.87. The van der Waals surface area contributed by atoms with Gasteiger partial charge in [-0.2, -0.15) is 0 Å². The summed E-state index contributed by atoms with van der Waals surface area (Å²) in [7, 11) is 0. The summed E-state index contributed by atoms with van der Waals surface area (Å²) in [5.74, 6) is 0.861. The highest BCUT2D eigenvalue weighted by Crippen LogP contribution is 2.26. The molecule has 44 heavy (non-hydrogen) atoms. The van der Waals surface area contributed by atoms with Gasteiger partial charge in [-0.1, -0.05) is 102 Å². The van der Waals surface area contributed by atoms with Crippen LogP contribution in [0.15, 0.2) is 109 Å². The lowest BCUT2D eigenvalue weighted by molar-refractivity contribution is -0.122. The molecule has 0 radical (unpaired) electrons. The number of ether oxygens (including phenoxy) is 2. The van der Waals surface area contributed by atoms with E-state index in [0.29, 0.717) is 11.5 Å². The maximum atomic E-state index is 13.5. The molecule has 0 aromatic heterocycles. The number of hydrogen-bond donors (Lipinski definition) is 0. The molecule has 6 nitrogen and oxygen atoms in total. The Morgan fingerprint density at radius 1 is 0.500 bits per heavy atom. The van der Waals surface area contributed by atoms with Crippen LogP contribution < -0.4 is 19.3 Å². The fraction of sp³-hybridized carbons (Fsp3) is 0.316. The lowest BCUT2D eigenvalue weighted by Crippen LogP contribution is -2.44. The first-order valence-corrected chi connectivity index (χ1v) is 15.1. The van der Waals surface area contributed by atoms with Gasteiger partial charge in [-0.3, -0.25) is 9.59 Å². The van der Waals surface area contributed by atoms with Gasteiger partial charge in [-0.25, -0.2) is 0 Å². The summed E-state index contributed by atoms with van der Waals surface area (Å²) < 4.78 is 11.8. The number of benzene rings is 4. The molecule has 6 heteroatoms. The molecule has 4 aromatic carbocycles. The molecule has 4 aromatic rings. The van der Waals surface area contributed by atoms with Gasteiger partial charge < -0.3 is 19.3 Å². The average molecular weight is 593 g/mol. The van der Waals surface area contributed by atoms with Crippen LogP contribution in [0.25, 0.3) is 0 Å². The molecule has 230 valence electrons. The van der Waals surface area contributed by atoms with E-state index in [2.05, 4.69) is 41.5 Å². The lowest BCUT2D eigenvalue weighted by Gasteiger charge is -2.28. The first-order valence-electron chi connectivity index (χ1n) is 15.1. The summed E-state index contributed by atoms with van der Waals surface area (Å²) in [6.45, 7) is 13.2. The van der Waals surface area contributed by atoms with Gasteiger partial charge >= 0.3 is 0 Å². The number of para-hydroxylation sites is 2. The zero-order chi connectivity index (χ0) is 31.7. The first kappa shape index (κ1) is 32.3. The molecule has 0 aliphatic rings. The zero-order valence-electron chi connectivity index (χ0n) is 26.7. The van der Waals surface area contributed by atoms with Gasteiger partial charge in [0.25, 0.3) is 11.8 Å². The molecule has 0 fully saturated rings. The van der Waals surface area contributed by atoms with Crippen LogP contribution in [-0.4, -0.2) is 38.1 Å². The molecule has 0 N–H and O–H groups in total. The van der Waals surface area contributed by atoms with Crippen LogP contribution in [0, 0.1) is 0 Å². The standard InChI is InChI=1S/C38H44N2O4/c1-37(2,3)29-17-21-33(22-18-29)43-27-35(41)39(31-13-9-7-10-14-31)25-26-40(32-15-11-8-12-16-32)36(42)28-44-34-23-19-30(20-24-34)38(4,5)6/h7-24H,25-28H2,1-6H3.